The highest BCUT2D eigenvalue weighted by Crippen LogP contribution is 2.14. The van der Waals surface area contributed by atoms with Gasteiger partial charge in [-0.1, -0.05) is 262 Å². The Kier molecular flexibility index (Phi) is 61.0. The van der Waals surface area contributed by atoms with Gasteiger partial charge < -0.3 is 14.2 Å². The lowest BCUT2D eigenvalue weighted by Gasteiger charge is -2.18. The van der Waals surface area contributed by atoms with Gasteiger partial charge in [-0.3, -0.25) is 14.4 Å². The van der Waals surface area contributed by atoms with Crippen molar-refractivity contribution >= 4 is 17.9 Å². The molecule has 0 heterocycles. The molecule has 6 heteroatoms. The first-order valence-corrected chi connectivity index (χ1v) is 31.6. The van der Waals surface area contributed by atoms with Crippen LogP contribution in [0.1, 0.15) is 252 Å². The molecule has 0 aromatic rings. The summed E-state index contributed by atoms with van der Waals surface area (Å²) in [5.74, 6) is -1.03. The van der Waals surface area contributed by atoms with E-state index < -0.39 is 6.10 Å². The molecule has 0 rings (SSSR count). The van der Waals surface area contributed by atoms with Gasteiger partial charge in [0.05, 0.1) is 0 Å². The van der Waals surface area contributed by atoms with Gasteiger partial charge in [0.15, 0.2) is 6.10 Å². The number of ether oxygens (including phenoxy) is 3. The van der Waals surface area contributed by atoms with E-state index in [1.807, 2.05) is 12.2 Å². The number of carbonyl (C=O) groups excluding carboxylic acids is 3. The molecule has 0 aromatic carbocycles. The summed E-state index contributed by atoms with van der Waals surface area (Å²) in [5, 5.41) is 0. The van der Waals surface area contributed by atoms with Crippen molar-refractivity contribution in [2.45, 2.75) is 258 Å². The molecule has 0 bridgehead atoms. The molecule has 0 radical (unpaired) electrons. The predicted molar refractivity (Wildman–Crippen MR) is 343 cm³/mol. The molecule has 0 aliphatic carbocycles. The molecule has 0 saturated heterocycles. The minimum Gasteiger partial charge on any atom is -0.462 e. The van der Waals surface area contributed by atoms with Crippen LogP contribution in [0.25, 0.3) is 0 Å². The van der Waals surface area contributed by atoms with Crippen molar-refractivity contribution in [1.82, 2.24) is 0 Å². The molecule has 0 amide bonds. The van der Waals surface area contributed by atoms with Gasteiger partial charge in [-0.2, -0.15) is 0 Å². The maximum Gasteiger partial charge on any atom is 0.306 e. The van der Waals surface area contributed by atoms with Crippen molar-refractivity contribution in [2.75, 3.05) is 13.2 Å². The van der Waals surface area contributed by atoms with Gasteiger partial charge in [0.25, 0.3) is 0 Å². The van der Waals surface area contributed by atoms with Crippen LogP contribution in [0.5, 0.6) is 0 Å². The molecule has 6 nitrogen and oxygen atoms in total. The second kappa shape index (κ2) is 65.3. The van der Waals surface area contributed by atoms with Gasteiger partial charge in [-0.25, -0.2) is 0 Å². The molecular formula is C73H114O6. The Bertz CT molecular complexity index is 1820. The Morgan fingerprint density at radius 1 is 0.266 bits per heavy atom. The van der Waals surface area contributed by atoms with Crippen molar-refractivity contribution in [3.8, 4) is 0 Å². The Labute approximate surface area is 485 Å². The van der Waals surface area contributed by atoms with Crippen LogP contribution >= 0.6 is 0 Å². The minimum absolute atomic E-state index is 0.119. The summed E-state index contributed by atoms with van der Waals surface area (Å²) in [4.78, 5) is 38.2. The molecule has 0 aliphatic rings. The first kappa shape index (κ1) is 73.8. The monoisotopic (exact) mass is 1090 g/mol. The van der Waals surface area contributed by atoms with Crippen molar-refractivity contribution in [3.05, 3.63) is 170 Å². The Balaban J connectivity index is 4.41. The number of esters is 3. The molecule has 442 valence electrons. The lowest BCUT2D eigenvalue weighted by atomic mass is 10.1. The Morgan fingerprint density at radius 2 is 0.519 bits per heavy atom. The molecular weight excluding hydrogens is 973 g/mol. The van der Waals surface area contributed by atoms with Gasteiger partial charge in [-0.15, -0.1) is 0 Å². The molecule has 1 atom stereocenters. The van der Waals surface area contributed by atoms with Crippen LogP contribution < -0.4 is 0 Å². The number of hydrogen-bond acceptors (Lipinski definition) is 6. The summed E-state index contributed by atoms with van der Waals surface area (Å²) in [6.45, 7) is 6.29. The predicted octanol–water partition coefficient (Wildman–Crippen LogP) is 21.9. The zero-order chi connectivity index (χ0) is 57.1. The third kappa shape index (κ3) is 63.5. The van der Waals surface area contributed by atoms with Gasteiger partial charge in [0, 0.05) is 19.3 Å². The SMILES string of the molecule is CC/C=C\C/C=C\C/C=C\C/C=C\C/C=C\C/C=C\C/C=C\C/C=C\CCCCCCCCC(=O)OCC(COC(=O)CC/C=C\C/C=C\C/C=C\C/C=C\CC)OC(=O)CCCCCCCCC/C=C\C/C=C\CCCCC. The van der Waals surface area contributed by atoms with E-state index >= 15 is 0 Å². The normalized spacial score (nSPS) is 13.3. The first-order chi connectivity index (χ1) is 39.0. The minimum atomic E-state index is -0.827. The third-order valence-corrected chi connectivity index (χ3v) is 12.7. The zero-order valence-corrected chi connectivity index (χ0v) is 50.6. The van der Waals surface area contributed by atoms with Gasteiger partial charge in [-0.05, 0) is 141 Å². The highest BCUT2D eigenvalue weighted by atomic mass is 16.6. The highest BCUT2D eigenvalue weighted by Gasteiger charge is 2.19. The Hall–Kier alpha value is -5.23. The van der Waals surface area contributed by atoms with Crippen LogP contribution in [-0.4, -0.2) is 37.2 Å². The van der Waals surface area contributed by atoms with Crippen LogP contribution in [0.15, 0.2) is 170 Å². The van der Waals surface area contributed by atoms with E-state index in [4.69, 9.17) is 14.2 Å². The van der Waals surface area contributed by atoms with E-state index in [9.17, 15) is 14.4 Å². The van der Waals surface area contributed by atoms with Gasteiger partial charge in [0.2, 0.25) is 0 Å². The van der Waals surface area contributed by atoms with Crippen LogP contribution in [0.2, 0.25) is 0 Å². The summed E-state index contributed by atoms with van der Waals surface area (Å²) >= 11 is 0. The molecule has 0 N–H and O–H groups in total. The number of rotatable bonds is 55. The average molecular weight is 1090 g/mol. The summed E-state index contributed by atoms with van der Waals surface area (Å²) in [6, 6.07) is 0. The molecule has 1 unspecified atom stereocenters. The van der Waals surface area contributed by atoms with E-state index in [2.05, 4.69) is 179 Å². The van der Waals surface area contributed by atoms with Crippen molar-refractivity contribution in [2.24, 2.45) is 0 Å². The largest absolute Gasteiger partial charge is 0.462 e. The molecule has 79 heavy (non-hydrogen) atoms. The number of allylic oxidation sites excluding steroid dienone is 28. The fourth-order valence-electron chi connectivity index (χ4n) is 8.03. The molecule has 0 aliphatic heterocycles. The van der Waals surface area contributed by atoms with Crippen molar-refractivity contribution < 1.29 is 28.6 Å². The number of carbonyl (C=O) groups is 3. The fourth-order valence-corrected chi connectivity index (χ4v) is 8.03. The Morgan fingerprint density at radius 3 is 0.848 bits per heavy atom. The summed E-state index contributed by atoms with van der Waals surface area (Å²) in [6.07, 6.45) is 96.6. The topological polar surface area (TPSA) is 78.9 Å². The second-order valence-electron chi connectivity index (χ2n) is 20.2. The van der Waals surface area contributed by atoms with E-state index in [-0.39, 0.29) is 37.5 Å². The van der Waals surface area contributed by atoms with Crippen molar-refractivity contribution in [1.29, 1.82) is 0 Å². The highest BCUT2D eigenvalue weighted by molar-refractivity contribution is 5.71. The summed E-state index contributed by atoms with van der Waals surface area (Å²) < 4.78 is 16.8. The van der Waals surface area contributed by atoms with E-state index in [0.29, 0.717) is 19.3 Å². The number of unbranched alkanes of at least 4 members (excludes halogenated alkanes) is 16. The molecule has 0 fully saturated rings. The smallest absolute Gasteiger partial charge is 0.306 e. The third-order valence-electron chi connectivity index (χ3n) is 12.7. The quantitative estimate of drug-likeness (QED) is 0.0261. The average Bonchev–Trinajstić information content (AvgIpc) is 3.45. The maximum absolute atomic E-state index is 12.9. The molecule has 0 spiro atoms. The van der Waals surface area contributed by atoms with Crippen LogP contribution in [0.4, 0.5) is 0 Å². The van der Waals surface area contributed by atoms with Gasteiger partial charge in [0.1, 0.15) is 13.2 Å². The summed E-state index contributed by atoms with van der Waals surface area (Å²) in [5.41, 5.74) is 0. The zero-order valence-electron chi connectivity index (χ0n) is 50.6. The van der Waals surface area contributed by atoms with Crippen LogP contribution in [-0.2, 0) is 28.6 Å². The van der Waals surface area contributed by atoms with Crippen molar-refractivity contribution in [3.63, 3.8) is 0 Å². The van der Waals surface area contributed by atoms with Crippen LogP contribution in [0, 0.1) is 0 Å². The maximum atomic E-state index is 12.9. The van der Waals surface area contributed by atoms with E-state index in [0.717, 1.165) is 141 Å². The molecule has 0 aromatic heterocycles. The van der Waals surface area contributed by atoms with Gasteiger partial charge >= 0.3 is 17.9 Å². The van der Waals surface area contributed by atoms with E-state index in [1.54, 1.807) is 0 Å². The van der Waals surface area contributed by atoms with Crippen LogP contribution in [0.3, 0.4) is 0 Å². The lowest BCUT2D eigenvalue weighted by molar-refractivity contribution is -0.166. The number of hydrogen-bond donors (Lipinski definition) is 0. The molecule has 0 saturated carbocycles. The van der Waals surface area contributed by atoms with E-state index in [1.165, 1.54) is 64.2 Å². The fraction of sp³-hybridized carbons (Fsp3) is 0.575. The summed E-state index contributed by atoms with van der Waals surface area (Å²) in [7, 11) is 0. The standard InChI is InChI=1S/C73H114O6/c1-4-7-10-13-16-19-22-25-27-29-30-31-32-33-34-35-36-37-38-39-40-41-42-44-45-48-51-54-57-60-63-66-72(75)78-69-70(68-77-71(74)65-62-59-56-53-50-47-24-21-18-15-12-9-6-3)79-73(76)67-64-61-58-55-52-49-46-43-28-26-23-20-17-14-11-8-5-2/h7,9-10,12,16-21,25-28,30-31,33-34,36-37,39-40,42,44,47,50,56,59,70H,4-6,8,11,13-15,22-24,29,32,35,38,41,43,45-46,48-49,51-55,57-58,60-69H2,1-3H3/b10-7-,12-9-,19-16-,20-17-,21-18-,27-25-,28-26-,31-30-,34-33-,37-36-,40-39-,44-42-,50-47-,59-56-. The second-order valence-corrected chi connectivity index (χ2v) is 20.2. The first-order valence-electron chi connectivity index (χ1n) is 31.6. The lowest BCUT2D eigenvalue weighted by Crippen LogP contribution is -2.30.